The number of amides is 2. The Morgan fingerprint density at radius 2 is 1.61 bits per heavy atom. The van der Waals surface area contributed by atoms with E-state index in [1.165, 1.54) is 0 Å². The molecule has 0 heterocycles. The highest BCUT2D eigenvalue weighted by atomic mass is 16.5. The Morgan fingerprint density at radius 3 is 2.15 bits per heavy atom. The number of carbonyl (C=O) groups is 3. The molecule has 174 valence electrons. The van der Waals surface area contributed by atoms with Crippen LogP contribution in [0.15, 0.2) is 48.5 Å². The fraction of sp³-hybridized carbons (Fsp3) is 0.423. The van der Waals surface area contributed by atoms with Crippen LogP contribution < -0.4 is 10.6 Å². The summed E-state index contributed by atoms with van der Waals surface area (Å²) in [6, 6.07) is 15.0. The molecule has 0 saturated heterocycles. The van der Waals surface area contributed by atoms with Gasteiger partial charge in [0.15, 0.2) is 0 Å². The second kappa shape index (κ2) is 10.1. The molecular formula is C26H30N2O5. The third kappa shape index (κ3) is 5.35. The Balaban J connectivity index is 1.35. The molecule has 7 nitrogen and oxygen atoms in total. The van der Waals surface area contributed by atoms with E-state index in [9.17, 15) is 19.5 Å². The molecule has 2 aromatic rings. The maximum absolute atomic E-state index is 12.6. The largest absolute Gasteiger partial charge is 0.480 e. The maximum atomic E-state index is 12.6. The highest BCUT2D eigenvalue weighted by Gasteiger charge is 2.35. The van der Waals surface area contributed by atoms with Gasteiger partial charge in [-0.15, -0.1) is 0 Å². The summed E-state index contributed by atoms with van der Waals surface area (Å²) in [7, 11) is 0. The van der Waals surface area contributed by atoms with Crippen molar-refractivity contribution in [2.75, 3.05) is 6.61 Å². The molecule has 33 heavy (non-hydrogen) atoms. The number of carboxylic acids is 1. The van der Waals surface area contributed by atoms with Gasteiger partial charge in [0.1, 0.15) is 12.6 Å². The van der Waals surface area contributed by atoms with Gasteiger partial charge < -0.3 is 20.5 Å². The fourth-order valence-corrected chi connectivity index (χ4v) is 4.62. The van der Waals surface area contributed by atoms with E-state index >= 15 is 0 Å². The molecule has 0 spiro atoms. The van der Waals surface area contributed by atoms with Crippen LogP contribution in [-0.4, -0.2) is 41.8 Å². The number of ether oxygens (including phenoxy) is 1. The van der Waals surface area contributed by atoms with E-state index in [1.807, 2.05) is 31.2 Å². The number of aliphatic carboxylic acids is 1. The number of nitrogens with one attached hydrogen (secondary N) is 2. The van der Waals surface area contributed by atoms with Crippen molar-refractivity contribution in [3.8, 4) is 11.1 Å². The van der Waals surface area contributed by atoms with E-state index in [0.29, 0.717) is 12.8 Å². The average molecular weight is 451 g/mol. The zero-order valence-corrected chi connectivity index (χ0v) is 18.8. The number of fused-ring (bicyclic) bond motifs is 3. The first-order valence-corrected chi connectivity index (χ1v) is 11.6. The van der Waals surface area contributed by atoms with Crippen LogP contribution in [0.3, 0.4) is 0 Å². The van der Waals surface area contributed by atoms with Crippen molar-refractivity contribution >= 4 is 18.0 Å². The predicted molar refractivity (Wildman–Crippen MR) is 124 cm³/mol. The Hall–Kier alpha value is -3.35. The summed E-state index contributed by atoms with van der Waals surface area (Å²) in [6.07, 6.45) is 2.38. The minimum Gasteiger partial charge on any atom is -0.480 e. The van der Waals surface area contributed by atoms with E-state index in [0.717, 1.165) is 35.1 Å². The Labute approximate surface area is 193 Å². The molecule has 0 radical (unpaired) electrons. The molecule has 2 aromatic carbocycles. The second-order valence-corrected chi connectivity index (χ2v) is 8.86. The van der Waals surface area contributed by atoms with Gasteiger partial charge in [-0.25, -0.2) is 9.59 Å². The van der Waals surface area contributed by atoms with Crippen molar-refractivity contribution in [3.05, 3.63) is 59.7 Å². The predicted octanol–water partition coefficient (Wildman–Crippen LogP) is 4.06. The molecule has 0 bridgehead atoms. The molecule has 1 saturated carbocycles. The highest BCUT2D eigenvalue weighted by molar-refractivity contribution is 5.84. The molecule has 2 aliphatic carbocycles. The van der Waals surface area contributed by atoms with Gasteiger partial charge >= 0.3 is 12.1 Å². The number of carbonyl (C=O) groups excluding carboxylic acids is 2. The normalized spacial score (nSPS) is 16.3. The van der Waals surface area contributed by atoms with Gasteiger partial charge in [-0.05, 0) is 47.4 Å². The molecule has 4 rings (SSSR count). The Morgan fingerprint density at radius 1 is 1.00 bits per heavy atom. The van der Waals surface area contributed by atoms with Crippen LogP contribution in [0.25, 0.3) is 11.1 Å². The average Bonchev–Trinajstić information content (AvgIpc) is 3.60. The lowest BCUT2D eigenvalue weighted by atomic mass is 9.98. The molecule has 3 N–H and O–H groups in total. The lowest BCUT2D eigenvalue weighted by molar-refractivity contribution is -0.142. The monoisotopic (exact) mass is 450 g/mol. The quantitative estimate of drug-likeness (QED) is 0.506. The van der Waals surface area contributed by atoms with E-state index < -0.39 is 18.1 Å². The van der Waals surface area contributed by atoms with Crippen LogP contribution >= 0.6 is 0 Å². The van der Waals surface area contributed by atoms with Crippen molar-refractivity contribution in [1.29, 1.82) is 0 Å². The van der Waals surface area contributed by atoms with Crippen LogP contribution in [0.2, 0.25) is 0 Å². The summed E-state index contributed by atoms with van der Waals surface area (Å²) in [5.41, 5.74) is 4.60. The van der Waals surface area contributed by atoms with Gasteiger partial charge in [0.25, 0.3) is 0 Å². The van der Waals surface area contributed by atoms with Gasteiger partial charge in [-0.1, -0.05) is 61.9 Å². The molecule has 1 unspecified atom stereocenters. The van der Waals surface area contributed by atoms with Crippen LogP contribution in [0, 0.1) is 5.92 Å². The summed E-state index contributed by atoms with van der Waals surface area (Å²) in [5.74, 6) is -1.23. The lowest BCUT2D eigenvalue weighted by Gasteiger charge is -2.21. The third-order valence-corrected chi connectivity index (χ3v) is 6.45. The van der Waals surface area contributed by atoms with Crippen molar-refractivity contribution in [3.63, 3.8) is 0 Å². The van der Waals surface area contributed by atoms with Crippen LogP contribution in [-0.2, 0) is 14.3 Å². The third-order valence-electron chi connectivity index (χ3n) is 6.45. The zero-order valence-electron chi connectivity index (χ0n) is 18.8. The summed E-state index contributed by atoms with van der Waals surface area (Å²) >= 11 is 0. The second-order valence-electron chi connectivity index (χ2n) is 8.86. The summed E-state index contributed by atoms with van der Waals surface area (Å²) in [5, 5.41) is 14.7. The first-order chi connectivity index (χ1) is 16.0. The van der Waals surface area contributed by atoms with Crippen molar-refractivity contribution in [2.24, 2.45) is 5.92 Å². The van der Waals surface area contributed by atoms with Gasteiger partial charge in [0, 0.05) is 18.4 Å². The molecule has 2 amide bonds. The highest BCUT2D eigenvalue weighted by Crippen LogP contribution is 2.44. The molecular weight excluding hydrogens is 420 g/mol. The van der Waals surface area contributed by atoms with Gasteiger partial charge in [0.2, 0.25) is 5.91 Å². The number of carboxylic acid groups (broad SMARTS) is 1. The van der Waals surface area contributed by atoms with Crippen molar-refractivity contribution < 1.29 is 24.2 Å². The van der Waals surface area contributed by atoms with Crippen LogP contribution in [0.1, 0.15) is 56.1 Å². The fourth-order valence-electron chi connectivity index (χ4n) is 4.62. The number of rotatable bonds is 10. The molecule has 2 atom stereocenters. The SMILES string of the molecule is CCC[C@@H](NC(=O)CC(NC(=O)OCC1c2ccccc2-c2ccccc21)C1CC1)C(=O)O. The minimum absolute atomic E-state index is 0.0313. The molecule has 2 aliphatic rings. The first-order valence-electron chi connectivity index (χ1n) is 11.6. The zero-order chi connectivity index (χ0) is 23.4. The molecule has 0 aromatic heterocycles. The van der Waals surface area contributed by atoms with E-state index in [2.05, 4.69) is 34.9 Å². The van der Waals surface area contributed by atoms with Gasteiger partial charge in [0.05, 0.1) is 0 Å². The summed E-state index contributed by atoms with van der Waals surface area (Å²) < 4.78 is 5.61. The van der Waals surface area contributed by atoms with Crippen molar-refractivity contribution in [2.45, 2.75) is 57.0 Å². The van der Waals surface area contributed by atoms with E-state index in [4.69, 9.17) is 4.74 Å². The summed E-state index contributed by atoms with van der Waals surface area (Å²) in [4.78, 5) is 36.4. The van der Waals surface area contributed by atoms with E-state index in [-0.39, 0.29) is 36.8 Å². The topological polar surface area (TPSA) is 105 Å². The molecule has 7 heteroatoms. The molecule has 0 aliphatic heterocycles. The van der Waals surface area contributed by atoms with Crippen LogP contribution in [0.5, 0.6) is 0 Å². The minimum atomic E-state index is -1.04. The number of hydrogen-bond donors (Lipinski definition) is 3. The number of hydrogen-bond acceptors (Lipinski definition) is 4. The summed E-state index contributed by atoms with van der Waals surface area (Å²) in [6.45, 7) is 2.08. The van der Waals surface area contributed by atoms with Crippen LogP contribution in [0.4, 0.5) is 4.79 Å². The molecule has 1 fully saturated rings. The van der Waals surface area contributed by atoms with Crippen molar-refractivity contribution in [1.82, 2.24) is 10.6 Å². The smallest absolute Gasteiger partial charge is 0.407 e. The Kier molecular flexibility index (Phi) is 6.96. The van der Waals surface area contributed by atoms with Gasteiger partial charge in [-0.2, -0.15) is 0 Å². The number of benzene rings is 2. The number of alkyl carbamates (subject to hydrolysis) is 1. The van der Waals surface area contributed by atoms with E-state index in [1.54, 1.807) is 0 Å². The Bertz CT molecular complexity index is 987. The first kappa shape index (κ1) is 22.8. The maximum Gasteiger partial charge on any atom is 0.407 e. The lowest BCUT2D eigenvalue weighted by Crippen LogP contribution is -2.45. The van der Waals surface area contributed by atoms with Gasteiger partial charge in [-0.3, -0.25) is 4.79 Å². The standard InChI is InChI=1S/C26H30N2O5/c1-2-7-22(25(30)31)27-24(29)14-23(16-12-13-16)28-26(32)33-15-21-19-10-5-3-8-17(19)18-9-4-6-11-20(18)21/h3-6,8-11,16,21-23H,2,7,12-15H2,1H3,(H,27,29)(H,28,32)(H,30,31)/t22-,23?/m1/s1.